The Morgan fingerprint density at radius 2 is 2.12 bits per heavy atom. The molecule has 1 unspecified atom stereocenters. The van der Waals surface area contributed by atoms with Crippen molar-refractivity contribution in [3.05, 3.63) is 0 Å². The molecule has 0 spiro atoms. The van der Waals surface area contributed by atoms with Gasteiger partial charge in [0.25, 0.3) is 0 Å². The number of hydrogen-bond donors (Lipinski definition) is 3. The van der Waals surface area contributed by atoms with Crippen molar-refractivity contribution in [3.8, 4) is 0 Å². The summed E-state index contributed by atoms with van der Waals surface area (Å²) in [6.07, 6.45) is 1.35. The molecule has 1 saturated heterocycles. The molecule has 1 heterocycles. The van der Waals surface area contributed by atoms with E-state index in [-0.39, 0.29) is 24.5 Å². The zero-order valence-electron chi connectivity index (χ0n) is 9.74. The van der Waals surface area contributed by atoms with Crippen LogP contribution in [-0.2, 0) is 9.53 Å². The van der Waals surface area contributed by atoms with Crippen molar-refractivity contribution in [1.82, 2.24) is 5.32 Å². The zero-order chi connectivity index (χ0) is 12.0. The van der Waals surface area contributed by atoms with Crippen LogP contribution in [0.4, 0.5) is 0 Å². The number of aliphatic hydroxyl groups is 2. The second kappa shape index (κ2) is 6.18. The zero-order valence-corrected chi connectivity index (χ0v) is 9.74. The van der Waals surface area contributed by atoms with Gasteiger partial charge >= 0.3 is 0 Å². The van der Waals surface area contributed by atoms with Crippen molar-refractivity contribution in [2.45, 2.75) is 32.3 Å². The largest absolute Gasteiger partial charge is 0.394 e. The molecule has 0 saturated carbocycles. The molecule has 94 valence electrons. The van der Waals surface area contributed by atoms with Gasteiger partial charge in [0.15, 0.2) is 0 Å². The highest BCUT2D eigenvalue weighted by molar-refractivity contribution is 5.82. The highest BCUT2D eigenvalue weighted by Crippen LogP contribution is 2.34. The first-order valence-electron chi connectivity index (χ1n) is 5.79. The lowest BCUT2D eigenvalue weighted by atomic mass is 9.77. The van der Waals surface area contributed by atoms with Crippen LogP contribution in [0.25, 0.3) is 0 Å². The summed E-state index contributed by atoms with van der Waals surface area (Å²) in [5.41, 5.74) is -0.354. The van der Waals surface area contributed by atoms with Gasteiger partial charge in [-0.15, -0.1) is 0 Å². The minimum Gasteiger partial charge on any atom is -0.394 e. The summed E-state index contributed by atoms with van der Waals surface area (Å²) in [7, 11) is 0. The van der Waals surface area contributed by atoms with E-state index in [0.29, 0.717) is 13.2 Å². The summed E-state index contributed by atoms with van der Waals surface area (Å²) in [5, 5.41) is 20.5. The van der Waals surface area contributed by atoms with Crippen LogP contribution in [0.2, 0.25) is 0 Å². The molecule has 16 heavy (non-hydrogen) atoms. The summed E-state index contributed by atoms with van der Waals surface area (Å²) in [6.45, 7) is 3.00. The van der Waals surface area contributed by atoms with Gasteiger partial charge in [0, 0.05) is 19.8 Å². The predicted octanol–water partition coefficient (Wildman–Crippen LogP) is -0.337. The summed E-state index contributed by atoms with van der Waals surface area (Å²) in [6, 6.07) is 0. The number of carbonyl (C=O) groups excluding carboxylic acids is 1. The van der Waals surface area contributed by atoms with E-state index in [4.69, 9.17) is 9.84 Å². The van der Waals surface area contributed by atoms with Crippen LogP contribution in [0.5, 0.6) is 0 Å². The smallest absolute Gasteiger partial charge is 0.226 e. The third-order valence-corrected chi connectivity index (χ3v) is 3.32. The van der Waals surface area contributed by atoms with Gasteiger partial charge in [-0.05, 0) is 19.3 Å². The van der Waals surface area contributed by atoms with E-state index in [9.17, 15) is 9.90 Å². The first kappa shape index (κ1) is 13.4. The Morgan fingerprint density at radius 3 is 2.62 bits per heavy atom. The molecule has 0 bridgehead atoms. The van der Waals surface area contributed by atoms with Crippen LogP contribution in [0, 0.1) is 5.41 Å². The summed E-state index contributed by atoms with van der Waals surface area (Å²) in [5.74, 6) is -0.0363. The molecule has 1 aliphatic heterocycles. The quantitative estimate of drug-likeness (QED) is 0.605. The van der Waals surface area contributed by atoms with E-state index in [1.54, 1.807) is 0 Å². The van der Waals surface area contributed by atoms with Crippen molar-refractivity contribution in [2.75, 3.05) is 26.4 Å². The van der Waals surface area contributed by atoms with Crippen molar-refractivity contribution >= 4 is 5.91 Å². The fourth-order valence-corrected chi connectivity index (χ4v) is 1.97. The Labute approximate surface area is 95.8 Å². The topological polar surface area (TPSA) is 78.8 Å². The first-order chi connectivity index (χ1) is 7.64. The van der Waals surface area contributed by atoms with E-state index < -0.39 is 6.10 Å². The van der Waals surface area contributed by atoms with Crippen LogP contribution < -0.4 is 5.32 Å². The lowest BCUT2D eigenvalue weighted by molar-refractivity contribution is -0.137. The van der Waals surface area contributed by atoms with Crippen molar-refractivity contribution < 1.29 is 19.7 Å². The number of ether oxygens (including phenoxy) is 1. The highest BCUT2D eigenvalue weighted by Gasteiger charge is 2.38. The number of hydrogen-bond acceptors (Lipinski definition) is 4. The van der Waals surface area contributed by atoms with E-state index in [2.05, 4.69) is 5.32 Å². The second-order valence-corrected chi connectivity index (χ2v) is 4.29. The number of amides is 1. The fraction of sp³-hybridized carbons (Fsp3) is 0.909. The maximum atomic E-state index is 12.0. The molecule has 1 rings (SSSR count). The van der Waals surface area contributed by atoms with E-state index in [1.165, 1.54) is 0 Å². The van der Waals surface area contributed by atoms with E-state index >= 15 is 0 Å². The molecule has 0 aliphatic carbocycles. The van der Waals surface area contributed by atoms with Crippen LogP contribution in [0.1, 0.15) is 26.2 Å². The van der Waals surface area contributed by atoms with Crippen molar-refractivity contribution in [2.24, 2.45) is 5.41 Å². The van der Waals surface area contributed by atoms with Gasteiger partial charge in [-0.2, -0.15) is 0 Å². The first-order valence-corrected chi connectivity index (χ1v) is 5.79. The lowest BCUT2D eigenvalue weighted by Crippen LogP contribution is -2.46. The van der Waals surface area contributed by atoms with Gasteiger partial charge in [-0.1, -0.05) is 6.92 Å². The second-order valence-electron chi connectivity index (χ2n) is 4.29. The molecule has 5 heteroatoms. The summed E-state index contributed by atoms with van der Waals surface area (Å²) in [4.78, 5) is 12.0. The fourth-order valence-electron chi connectivity index (χ4n) is 1.97. The van der Waals surface area contributed by atoms with Gasteiger partial charge in [0.05, 0.1) is 18.1 Å². The van der Waals surface area contributed by atoms with Crippen LogP contribution in [0.3, 0.4) is 0 Å². The molecule has 1 aliphatic rings. The Hall–Kier alpha value is -0.650. The van der Waals surface area contributed by atoms with Crippen LogP contribution >= 0.6 is 0 Å². The molecule has 0 aromatic rings. The molecular weight excluding hydrogens is 210 g/mol. The third-order valence-electron chi connectivity index (χ3n) is 3.32. The molecule has 1 amide bonds. The molecule has 1 atom stereocenters. The van der Waals surface area contributed by atoms with Gasteiger partial charge in [-0.3, -0.25) is 4.79 Å². The van der Waals surface area contributed by atoms with E-state index in [0.717, 1.165) is 19.3 Å². The van der Waals surface area contributed by atoms with Gasteiger partial charge in [0.2, 0.25) is 5.91 Å². The maximum absolute atomic E-state index is 12.0. The summed E-state index contributed by atoms with van der Waals surface area (Å²) >= 11 is 0. The molecule has 3 N–H and O–H groups in total. The molecular formula is C11H21NO4. The Balaban J connectivity index is 2.48. The van der Waals surface area contributed by atoms with Gasteiger partial charge in [-0.25, -0.2) is 0 Å². The molecule has 0 aromatic heterocycles. The maximum Gasteiger partial charge on any atom is 0.226 e. The number of nitrogens with one attached hydrogen (secondary N) is 1. The van der Waals surface area contributed by atoms with E-state index in [1.807, 2.05) is 6.92 Å². The molecule has 5 nitrogen and oxygen atoms in total. The molecule has 1 fully saturated rings. The van der Waals surface area contributed by atoms with Crippen LogP contribution in [0.15, 0.2) is 0 Å². The normalized spacial score (nSPS) is 21.4. The molecule has 0 radical (unpaired) electrons. The van der Waals surface area contributed by atoms with Gasteiger partial charge < -0.3 is 20.3 Å². The molecule has 0 aromatic carbocycles. The monoisotopic (exact) mass is 231 g/mol. The standard InChI is InChI=1S/C11H21NO4/c1-2-11(3-5-16-6-4-11)10(15)12-7-9(14)8-13/h9,13-14H,2-8H2,1H3,(H,12,15). The lowest BCUT2D eigenvalue weighted by Gasteiger charge is -2.35. The number of rotatable bonds is 5. The van der Waals surface area contributed by atoms with Crippen LogP contribution in [-0.4, -0.2) is 48.6 Å². The average molecular weight is 231 g/mol. The Kier molecular flexibility index (Phi) is 5.18. The minimum atomic E-state index is -0.877. The van der Waals surface area contributed by atoms with Gasteiger partial charge in [0.1, 0.15) is 0 Å². The minimum absolute atomic E-state index is 0.0363. The summed E-state index contributed by atoms with van der Waals surface area (Å²) < 4.78 is 5.25. The van der Waals surface area contributed by atoms with Crippen molar-refractivity contribution in [3.63, 3.8) is 0 Å². The third kappa shape index (κ3) is 3.17. The Morgan fingerprint density at radius 1 is 1.50 bits per heavy atom. The average Bonchev–Trinajstić information content (AvgIpc) is 2.36. The number of aliphatic hydroxyl groups excluding tert-OH is 2. The highest BCUT2D eigenvalue weighted by atomic mass is 16.5. The SMILES string of the molecule is CCC1(C(=O)NCC(O)CO)CCOCC1. The van der Waals surface area contributed by atoms with Crippen molar-refractivity contribution in [1.29, 1.82) is 0 Å². The predicted molar refractivity (Wildman–Crippen MR) is 58.9 cm³/mol. The Bertz CT molecular complexity index is 226. The number of carbonyl (C=O) groups is 1.